The molecule has 2 rings (SSSR count). The van der Waals surface area contributed by atoms with Gasteiger partial charge in [0.1, 0.15) is 5.69 Å². The van der Waals surface area contributed by atoms with Crippen molar-refractivity contribution in [2.45, 2.75) is 27.7 Å². The van der Waals surface area contributed by atoms with Gasteiger partial charge in [-0.05, 0) is 45.4 Å². The lowest BCUT2D eigenvalue weighted by Crippen LogP contribution is -2.07. The van der Waals surface area contributed by atoms with Crippen LogP contribution in [0.25, 0.3) is 0 Å². The molecule has 0 amide bonds. The minimum Gasteiger partial charge on any atom is -0.461 e. The lowest BCUT2D eigenvalue weighted by Gasteiger charge is -2.07. The number of hydrogen-bond donors (Lipinski definition) is 2. The van der Waals surface area contributed by atoms with Gasteiger partial charge in [0, 0.05) is 11.3 Å². The molecule has 0 radical (unpaired) electrons. The Labute approximate surface area is 151 Å². The number of hydrazone groups is 1. The maximum atomic E-state index is 12.0. The second-order valence-corrected chi connectivity index (χ2v) is 6.04. The largest absolute Gasteiger partial charge is 0.461 e. The van der Waals surface area contributed by atoms with Crippen molar-refractivity contribution >= 4 is 40.6 Å². The van der Waals surface area contributed by atoms with Crippen molar-refractivity contribution < 1.29 is 9.53 Å². The Morgan fingerprint density at radius 3 is 2.71 bits per heavy atom. The fourth-order valence-corrected chi connectivity index (χ4v) is 2.83. The number of nitrogens with one attached hydrogen (secondary N) is 2. The van der Waals surface area contributed by atoms with E-state index < -0.39 is 0 Å². The highest BCUT2D eigenvalue weighted by Gasteiger charge is 2.19. The predicted molar refractivity (Wildman–Crippen MR) is 98.5 cm³/mol. The molecule has 24 heavy (non-hydrogen) atoms. The van der Waals surface area contributed by atoms with E-state index in [1.165, 1.54) is 0 Å². The first-order chi connectivity index (χ1) is 11.4. The summed E-state index contributed by atoms with van der Waals surface area (Å²) in [6, 6.07) is 5.27. The highest BCUT2D eigenvalue weighted by molar-refractivity contribution is 6.43. The number of benzene rings is 1. The SMILES string of the molecule is CCOC(=O)c1[nH]c(C)c(C(C)=NNc2cccc(Cl)c2Cl)c1C. The molecule has 1 aromatic heterocycles. The zero-order chi connectivity index (χ0) is 17.9. The maximum absolute atomic E-state index is 12.0. The number of esters is 1. The van der Waals surface area contributed by atoms with Gasteiger partial charge in [-0.25, -0.2) is 4.79 Å². The summed E-state index contributed by atoms with van der Waals surface area (Å²) in [6.07, 6.45) is 0. The van der Waals surface area contributed by atoms with Gasteiger partial charge < -0.3 is 9.72 Å². The van der Waals surface area contributed by atoms with Gasteiger partial charge in [-0.15, -0.1) is 0 Å². The molecule has 0 aliphatic heterocycles. The summed E-state index contributed by atoms with van der Waals surface area (Å²) in [6.45, 7) is 7.69. The molecule has 0 saturated carbocycles. The van der Waals surface area contributed by atoms with Crippen molar-refractivity contribution in [2.24, 2.45) is 5.10 Å². The van der Waals surface area contributed by atoms with E-state index in [-0.39, 0.29) is 5.97 Å². The molecule has 0 aliphatic rings. The van der Waals surface area contributed by atoms with E-state index in [9.17, 15) is 4.79 Å². The standard InChI is InChI=1S/C17H19Cl2N3O2/c1-5-24-17(23)16-9(2)14(10(3)20-16)11(4)21-22-13-8-6-7-12(18)15(13)19/h6-8,20,22H,5H2,1-4H3. The van der Waals surface area contributed by atoms with Crippen LogP contribution in [0.1, 0.15) is 41.2 Å². The third-order valence-electron chi connectivity index (χ3n) is 3.57. The Morgan fingerprint density at radius 1 is 1.33 bits per heavy atom. The Morgan fingerprint density at radius 2 is 2.04 bits per heavy atom. The second kappa shape index (κ2) is 7.73. The van der Waals surface area contributed by atoms with Gasteiger partial charge in [0.2, 0.25) is 0 Å². The van der Waals surface area contributed by atoms with Crippen molar-refractivity contribution in [1.29, 1.82) is 0 Å². The van der Waals surface area contributed by atoms with Crippen LogP contribution >= 0.6 is 23.2 Å². The average Bonchev–Trinajstić information content (AvgIpc) is 2.83. The van der Waals surface area contributed by atoms with E-state index in [1.807, 2.05) is 20.8 Å². The van der Waals surface area contributed by atoms with Crippen LogP contribution in [0, 0.1) is 13.8 Å². The molecule has 128 valence electrons. The van der Waals surface area contributed by atoms with Crippen LogP contribution in [-0.4, -0.2) is 23.3 Å². The minimum absolute atomic E-state index is 0.327. The van der Waals surface area contributed by atoms with Crippen molar-refractivity contribution in [1.82, 2.24) is 4.98 Å². The number of ether oxygens (including phenoxy) is 1. The van der Waals surface area contributed by atoms with Gasteiger partial charge in [0.05, 0.1) is 28.1 Å². The van der Waals surface area contributed by atoms with E-state index >= 15 is 0 Å². The van der Waals surface area contributed by atoms with Gasteiger partial charge >= 0.3 is 5.97 Å². The molecule has 0 unspecified atom stereocenters. The average molecular weight is 368 g/mol. The Bertz CT molecular complexity index is 797. The number of nitrogens with zero attached hydrogens (tertiary/aromatic N) is 1. The van der Waals surface area contributed by atoms with E-state index in [0.717, 1.165) is 16.8 Å². The van der Waals surface area contributed by atoms with Crippen LogP contribution in [0.15, 0.2) is 23.3 Å². The number of rotatable bonds is 5. The topological polar surface area (TPSA) is 66.5 Å². The third-order valence-corrected chi connectivity index (χ3v) is 4.39. The number of aryl methyl sites for hydroxylation is 1. The van der Waals surface area contributed by atoms with Gasteiger partial charge in [-0.2, -0.15) is 5.10 Å². The fraction of sp³-hybridized carbons (Fsp3) is 0.294. The Kier molecular flexibility index (Phi) is 5.91. The maximum Gasteiger partial charge on any atom is 0.355 e. The Hall–Kier alpha value is -1.98. The van der Waals surface area contributed by atoms with Gasteiger partial charge in [-0.1, -0.05) is 29.3 Å². The molecule has 0 bridgehead atoms. The molecule has 0 aliphatic carbocycles. The summed E-state index contributed by atoms with van der Waals surface area (Å²) in [7, 11) is 0. The number of aromatic nitrogens is 1. The first kappa shape index (κ1) is 18.4. The summed E-state index contributed by atoms with van der Waals surface area (Å²) < 4.78 is 5.06. The number of carbonyl (C=O) groups is 1. The number of halogens is 2. The molecule has 2 aromatic rings. The van der Waals surface area contributed by atoms with Crippen molar-refractivity contribution in [2.75, 3.05) is 12.0 Å². The number of hydrogen-bond acceptors (Lipinski definition) is 4. The van der Waals surface area contributed by atoms with Crippen molar-refractivity contribution in [3.05, 3.63) is 50.8 Å². The number of aromatic amines is 1. The van der Waals surface area contributed by atoms with E-state index in [1.54, 1.807) is 25.1 Å². The van der Waals surface area contributed by atoms with Crippen LogP contribution in [0.2, 0.25) is 10.0 Å². The van der Waals surface area contributed by atoms with Gasteiger partial charge in [0.25, 0.3) is 0 Å². The van der Waals surface area contributed by atoms with Crippen LogP contribution < -0.4 is 5.43 Å². The van der Waals surface area contributed by atoms with Crippen LogP contribution in [-0.2, 0) is 4.74 Å². The number of H-pyrrole nitrogens is 1. The first-order valence-electron chi connectivity index (χ1n) is 7.47. The van der Waals surface area contributed by atoms with E-state index in [4.69, 9.17) is 27.9 Å². The summed E-state index contributed by atoms with van der Waals surface area (Å²) in [4.78, 5) is 15.0. The lowest BCUT2D eigenvalue weighted by molar-refractivity contribution is 0.0519. The Balaban J connectivity index is 2.31. The van der Waals surface area contributed by atoms with Crippen LogP contribution in [0.3, 0.4) is 0 Å². The number of carbonyl (C=O) groups excluding carboxylic acids is 1. The highest BCUT2D eigenvalue weighted by atomic mass is 35.5. The molecule has 0 atom stereocenters. The zero-order valence-electron chi connectivity index (χ0n) is 14.0. The van der Waals surface area contributed by atoms with Gasteiger partial charge in [-0.3, -0.25) is 5.43 Å². The molecule has 0 fully saturated rings. The smallest absolute Gasteiger partial charge is 0.355 e. The molecule has 2 N–H and O–H groups in total. The van der Waals surface area contributed by atoms with Gasteiger partial charge in [0.15, 0.2) is 0 Å². The molecule has 7 heteroatoms. The first-order valence-corrected chi connectivity index (χ1v) is 8.23. The van der Waals surface area contributed by atoms with Crippen LogP contribution in [0.4, 0.5) is 5.69 Å². The molecular formula is C17H19Cl2N3O2. The quantitative estimate of drug-likeness (QED) is 0.446. The van der Waals surface area contributed by atoms with E-state index in [2.05, 4.69) is 15.5 Å². The van der Waals surface area contributed by atoms with Crippen molar-refractivity contribution in [3.8, 4) is 0 Å². The molecule has 0 saturated heterocycles. The zero-order valence-corrected chi connectivity index (χ0v) is 15.5. The summed E-state index contributed by atoms with van der Waals surface area (Å²) in [5.41, 5.74) is 7.19. The van der Waals surface area contributed by atoms with Crippen molar-refractivity contribution in [3.63, 3.8) is 0 Å². The molecule has 1 aromatic carbocycles. The van der Waals surface area contributed by atoms with E-state index in [0.29, 0.717) is 33.7 Å². The lowest BCUT2D eigenvalue weighted by atomic mass is 10.1. The molecule has 1 heterocycles. The third kappa shape index (κ3) is 3.74. The molecular weight excluding hydrogens is 349 g/mol. The molecule has 0 spiro atoms. The fourth-order valence-electron chi connectivity index (χ4n) is 2.49. The highest BCUT2D eigenvalue weighted by Crippen LogP contribution is 2.29. The summed E-state index contributed by atoms with van der Waals surface area (Å²) >= 11 is 12.1. The minimum atomic E-state index is -0.372. The summed E-state index contributed by atoms with van der Waals surface area (Å²) in [5.74, 6) is -0.372. The normalized spacial score (nSPS) is 11.5. The second-order valence-electron chi connectivity index (χ2n) is 5.26. The van der Waals surface area contributed by atoms with Crippen LogP contribution in [0.5, 0.6) is 0 Å². The monoisotopic (exact) mass is 367 g/mol. The molecule has 5 nitrogen and oxygen atoms in total. The number of anilines is 1. The predicted octanol–water partition coefficient (Wildman–Crippen LogP) is 4.95. The summed E-state index contributed by atoms with van der Waals surface area (Å²) in [5, 5.41) is 5.22.